The molecule has 0 heterocycles. The van der Waals surface area contributed by atoms with Crippen LogP contribution in [-0.4, -0.2) is 30.9 Å². The lowest BCUT2D eigenvalue weighted by atomic mass is 10.1. The van der Waals surface area contributed by atoms with E-state index in [9.17, 15) is 28.3 Å². The molecule has 0 spiro atoms. The number of carbonyl (C=O) groups is 3. The first-order valence-corrected chi connectivity index (χ1v) is 5.24. The lowest BCUT2D eigenvalue weighted by Crippen LogP contribution is -2.45. The number of methoxy groups -OCH3 is 1. The Labute approximate surface area is 111 Å². The number of alkyl halides is 2. The fourth-order valence-corrected chi connectivity index (χ4v) is 1.20. The zero-order valence-corrected chi connectivity index (χ0v) is 10.2. The summed E-state index contributed by atoms with van der Waals surface area (Å²) in [5.41, 5.74) is 0.0690. The molecule has 0 atom stereocenters. The normalized spacial score (nSPS) is 10.8. The number of carboxylic acid groups (broad SMARTS) is 1. The zero-order chi connectivity index (χ0) is 15.3. The molecule has 0 aliphatic rings. The average molecular weight is 287 g/mol. The van der Waals surface area contributed by atoms with Crippen molar-refractivity contribution in [2.75, 3.05) is 7.11 Å². The van der Waals surface area contributed by atoms with Crippen molar-refractivity contribution in [1.82, 2.24) is 0 Å². The fraction of sp³-hybridized carbons (Fsp3) is 0.250. The van der Waals surface area contributed by atoms with Gasteiger partial charge in [0.05, 0.1) is 7.11 Å². The highest BCUT2D eigenvalue weighted by Crippen LogP contribution is 2.21. The van der Waals surface area contributed by atoms with E-state index in [0.29, 0.717) is 0 Å². The minimum Gasteiger partial charge on any atom is -0.541 e. The van der Waals surface area contributed by atoms with Crippen LogP contribution in [0.5, 0.6) is 5.75 Å². The van der Waals surface area contributed by atoms with Crippen LogP contribution >= 0.6 is 0 Å². The summed E-state index contributed by atoms with van der Waals surface area (Å²) in [4.78, 5) is 32.5. The minimum atomic E-state index is -4.47. The number of Topliss-reactive ketones (excluding diaryl/α,β-unsaturated/α-hetero) is 1. The molecule has 0 saturated carbocycles. The number of ketones is 1. The molecule has 8 heteroatoms. The maximum Gasteiger partial charge on any atom is 0.441 e. The van der Waals surface area contributed by atoms with Crippen molar-refractivity contribution in [2.45, 2.75) is 12.5 Å². The van der Waals surface area contributed by atoms with Gasteiger partial charge in [-0.25, -0.2) is 0 Å². The summed E-state index contributed by atoms with van der Waals surface area (Å²) < 4.78 is 33.6. The Morgan fingerprint density at radius 2 is 1.75 bits per heavy atom. The third-order valence-electron chi connectivity index (χ3n) is 2.19. The molecule has 0 fully saturated rings. The predicted octanol–water partition coefficient (Wildman–Crippen LogP) is 0.154. The highest BCUT2D eigenvalue weighted by Gasteiger charge is 2.33. The van der Waals surface area contributed by atoms with Gasteiger partial charge in [0.15, 0.2) is 11.8 Å². The van der Waals surface area contributed by atoms with Crippen LogP contribution in [0.1, 0.15) is 16.8 Å². The van der Waals surface area contributed by atoms with E-state index in [4.69, 9.17) is 0 Å². The second-order valence-corrected chi connectivity index (χ2v) is 3.61. The van der Waals surface area contributed by atoms with Gasteiger partial charge < -0.3 is 19.4 Å². The molecule has 1 rings (SSSR count). The van der Waals surface area contributed by atoms with Crippen LogP contribution in [0.2, 0.25) is 0 Å². The maximum absolute atomic E-state index is 12.7. The second kappa shape index (κ2) is 6.09. The molecule has 0 aromatic heterocycles. The molecule has 1 aromatic carbocycles. The van der Waals surface area contributed by atoms with Gasteiger partial charge in [0.2, 0.25) is 0 Å². The Bertz CT molecular complexity index is 523. The van der Waals surface area contributed by atoms with Crippen molar-refractivity contribution in [3.63, 3.8) is 0 Å². The highest BCUT2D eigenvalue weighted by molar-refractivity contribution is 6.05. The SMILES string of the molecule is COC(=O)CC(=O)c1ccc(OC(F)(F)C(=O)[O-])cc1. The largest absolute Gasteiger partial charge is 0.541 e. The van der Waals surface area contributed by atoms with Gasteiger partial charge in [-0.1, -0.05) is 0 Å². The van der Waals surface area contributed by atoms with Crippen LogP contribution in [0, 0.1) is 0 Å². The standard InChI is InChI=1S/C12H10F2O6/c1-19-10(16)6-9(15)7-2-4-8(5-3-7)20-12(13,14)11(17)18/h2-5H,6H2,1H3,(H,17,18)/p-1. The third-order valence-corrected chi connectivity index (χ3v) is 2.19. The number of carbonyl (C=O) groups excluding carboxylic acids is 3. The lowest BCUT2D eigenvalue weighted by Gasteiger charge is -2.18. The van der Waals surface area contributed by atoms with E-state index in [2.05, 4.69) is 9.47 Å². The number of hydrogen-bond donors (Lipinski definition) is 0. The van der Waals surface area contributed by atoms with Crippen molar-refractivity contribution >= 4 is 17.7 Å². The number of hydrogen-bond acceptors (Lipinski definition) is 6. The number of halogens is 2. The molecule has 0 amide bonds. The van der Waals surface area contributed by atoms with E-state index in [1.165, 1.54) is 0 Å². The molecule has 0 radical (unpaired) electrons. The summed E-state index contributed by atoms with van der Waals surface area (Å²) in [5.74, 6) is -4.45. The first kappa shape index (κ1) is 15.5. The molecular formula is C12H9F2O6-. The molecular weight excluding hydrogens is 278 g/mol. The Kier molecular flexibility index (Phi) is 4.73. The number of aliphatic carboxylic acids is 1. The minimum absolute atomic E-state index is 0.0690. The van der Waals surface area contributed by atoms with Gasteiger partial charge in [-0.05, 0) is 24.3 Å². The summed E-state index contributed by atoms with van der Waals surface area (Å²) in [6.07, 6.45) is -4.97. The van der Waals surface area contributed by atoms with Crippen LogP contribution in [0.4, 0.5) is 8.78 Å². The zero-order valence-electron chi connectivity index (χ0n) is 10.2. The van der Waals surface area contributed by atoms with Crippen molar-refractivity contribution < 1.29 is 37.7 Å². The highest BCUT2D eigenvalue weighted by atomic mass is 19.3. The quantitative estimate of drug-likeness (QED) is 0.420. The van der Waals surface area contributed by atoms with Crippen LogP contribution in [0.3, 0.4) is 0 Å². The number of rotatable bonds is 6. The molecule has 0 aliphatic heterocycles. The maximum atomic E-state index is 12.7. The third kappa shape index (κ3) is 4.01. The van der Waals surface area contributed by atoms with E-state index in [1.807, 2.05) is 0 Å². The van der Waals surface area contributed by atoms with Crippen LogP contribution < -0.4 is 9.84 Å². The molecule has 0 unspecified atom stereocenters. The Hall–Kier alpha value is -2.51. The topological polar surface area (TPSA) is 92.7 Å². The van der Waals surface area contributed by atoms with Crippen LogP contribution in [0.15, 0.2) is 24.3 Å². The molecule has 6 nitrogen and oxygen atoms in total. The van der Waals surface area contributed by atoms with Gasteiger partial charge in [-0.2, -0.15) is 8.78 Å². The summed E-state index contributed by atoms with van der Waals surface area (Å²) in [6.45, 7) is 0. The monoisotopic (exact) mass is 287 g/mol. The van der Waals surface area contributed by atoms with Crippen LogP contribution in [-0.2, 0) is 14.3 Å². The molecule has 0 bridgehead atoms. The van der Waals surface area contributed by atoms with E-state index in [0.717, 1.165) is 31.4 Å². The first-order chi connectivity index (χ1) is 9.26. The molecule has 20 heavy (non-hydrogen) atoms. The summed E-state index contributed by atoms with van der Waals surface area (Å²) >= 11 is 0. The smallest absolute Gasteiger partial charge is 0.441 e. The van der Waals surface area contributed by atoms with Gasteiger partial charge in [0.1, 0.15) is 12.2 Å². The number of carboxylic acids is 1. The Balaban J connectivity index is 2.77. The predicted molar refractivity (Wildman–Crippen MR) is 58.0 cm³/mol. The van der Waals surface area contributed by atoms with E-state index in [-0.39, 0.29) is 5.56 Å². The summed E-state index contributed by atoms with van der Waals surface area (Å²) in [5, 5.41) is 10.1. The van der Waals surface area contributed by atoms with Crippen LogP contribution in [0.25, 0.3) is 0 Å². The van der Waals surface area contributed by atoms with Gasteiger partial charge in [-0.3, -0.25) is 9.59 Å². The van der Waals surface area contributed by atoms with Crippen molar-refractivity contribution in [1.29, 1.82) is 0 Å². The fourth-order valence-electron chi connectivity index (χ4n) is 1.20. The molecule has 0 N–H and O–H groups in total. The first-order valence-electron chi connectivity index (χ1n) is 5.24. The van der Waals surface area contributed by atoms with E-state index < -0.39 is 36.0 Å². The van der Waals surface area contributed by atoms with Crippen molar-refractivity contribution in [3.8, 4) is 5.75 Å². The molecule has 0 aliphatic carbocycles. The average Bonchev–Trinajstić information content (AvgIpc) is 2.38. The van der Waals surface area contributed by atoms with Crippen molar-refractivity contribution in [2.24, 2.45) is 0 Å². The lowest BCUT2D eigenvalue weighted by molar-refractivity contribution is -0.350. The van der Waals surface area contributed by atoms with Gasteiger partial charge in [0, 0.05) is 5.56 Å². The molecule has 1 aromatic rings. The van der Waals surface area contributed by atoms with Gasteiger partial charge in [0.25, 0.3) is 0 Å². The number of ether oxygens (including phenoxy) is 2. The van der Waals surface area contributed by atoms with E-state index in [1.54, 1.807) is 0 Å². The van der Waals surface area contributed by atoms with Crippen molar-refractivity contribution in [3.05, 3.63) is 29.8 Å². The van der Waals surface area contributed by atoms with E-state index >= 15 is 0 Å². The molecule has 108 valence electrons. The number of benzene rings is 1. The summed E-state index contributed by atoms with van der Waals surface area (Å²) in [7, 11) is 1.12. The Morgan fingerprint density at radius 3 is 2.20 bits per heavy atom. The van der Waals surface area contributed by atoms with Gasteiger partial charge in [-0.15, -0.1) is 0 Å². The molecule has 0 saturated heterocycles. The number of esters is 1. The van der Waals surface area contributed by atoms with Gasteiger partial charge >= 0.3 is 12.1 Å². The summed E-state index contributed by atoms with van der Waals surface area (Å²) in [6, 6.07) is 4.18. The Morgan fingerprint density at radius 1 is 1.20 bits per heavy atom. The second-order valence-electron chi connectivity index (χ2n) is 3.61.